The molecule has 18 heavy (non-hydrogen) atoms. The number of allylic oxidation sites excluding steroid dienone is 2. The third-order valence-electron chi connectivity index (χ3n) is 3.42. The minimum Gasteiger partial charge on any atom is -1.00 e. The zero-order chi connectivity index (χ0) is 12.4. The van der Waals surface area contributed by atoms with Gasteiger partial charge >= 0.3 is 0 Å². The third kappa shape index (κ3) is 6.04. The van der Waals surface area contributed by atoms with Crippen molar-refractivity contribution in [2.75, 3.05) is 6.61 Å². The van der Waals surface area contributed by atoms with Crippen LogP contribution in [0.15, 0.2) is 29.0 Å². The fourth-order valence-electron chi connectivity index (χ4n) is 1.22. The Morgan fingerprint density at radius 1 is 1.28 bits per heavy atom. The van der Waals surface area contributed by atoms with Crippen molar-refractivity contribution in [3.8, 4) is 0 Å². The monoisotopic (exact) mass is 372 g/mol. The summed E-state index contributed by atoms with van der Waals surface area (Å²) < 4.78 is 6.16. The van der Waals surface area contributed by atoms with E-state index in [-0.39, 0.29) is 38.5 Å². The minimum absolute atomic E-state index is 0. The molecular weight excluding hydrogens is 351 g/mol. The Kier molecular flexibility index (Phi) is 9.06. The topological polar surface area (TPSA) is 9.23 Å². The van der Waals surface area contributed by atoms with E-state index in [9.17, 15) is 0 Å². The molecule has 0 unspecified atom stereocenters. The molecule has 0 heterocycles. The largest absolute Gasteiger partial charge is 1.00 e. The molecular formula is C14H23BrNiOSi-. The number of hydrogen-bond donors (Lipinski definition) is 0. The van der Waals surface area contributed by atoms with Gasteiger partial charge in [0.2, 0.25) is 0 Å². The molecule has 1 nitrogen and oxygen atoms in total. The third-order valence-corrected chi connectivity index (χ3v) is 7.89. The number of hydrogen-bond acceptors (Lipinski definition) is 1. The Bertz CT molecular complexity index is 360. The van der Waals surface area contributed by atoms with Gasteiger partial charge < -0.3 is 21.4 Å². The van der Waals surface area contributed by atoms with Crippen LogP contribution in [0.2, 0.25) is 18.1 Å². The van der Waals surface area contributed by atoms with Crippen LogP contribution < -0.4 is 17.0 Å². The maximum absolute atomic E-state index is 6.16. The quantitative estimate of drug-likeness (QED) is 0.534. The number of halogens is 1. The Morgan fingerprint density at radius 2 is 1.83 bits per heavy atom. The summed E-state index contributed by atoms with van der Waals surface area (Å²) in [5.74, 6) is 0. The van der Waals surface area contributed by atoms with Crippen LogP contribution >= 0.6 is 0 Å². The van der Waals surface area contributed by atoms with Crippen molar-refractivity contribution in [1.82, 2.24) is 0 Å². The summed E-state index contributed by atoms with van der Waals surface area (Å²) in [5, 5.41) is 0.281. The molecule has 0 aromatic carbocycles. The molecule has 1 aliphatic rings. The number of rotatable bonds is 3. The molecule has 0 atom stereocenters. The van der Waals surface area contributed by atoms with Crippen LogP contribution in [-0.2, 0) is 20.9 Å². The molecule has 0 N–H and O–H groups in total. The van der Waals surface area contributed by atoms with Gasteiger partial charge in [0, 0.05) is 22.9 Å². The Labute approximate surface area is 134 Å². The van der Waals surface area contributed by atoms with Gasteiger partial charge in [-0.05, 0) is 42.3 Å². The summed E-state index contributed by atoms with van der Waals surface area (Å²) in [7, 11) is -1.62. The molecule has 1 rings (SSSR count). The molecule has 4 heteroatoms. The molecule has 0 fully saturated rings. The average molecular weight is 374 g/mol. The van der Waals surface area contributed by atoms with Crippen LogP contribution in [0.1, 0.15) is 27.7 Å². The van der Waals surface area contributed by atoms with E-state index in [4.69, 9.17) is 4.43 Å². The van der Waals surface area contributed by atoms with Gasteiger partial charge in [0.15, 0.2) is 8.32 Å². The van der Waals surface area contributed by atoms with E-state index < -0.39 is 8.32 Å². The van der Waals surface area contributed by atoms with Crippen molar-refractivity contribution in [2.45, 2.75) is 45.8 Å². The van der Waals surface area contributed by atoms with Crippen molar-refractivity contribution in [3.63, 3.8) is 0 Å². The second-order valence-corrected chi connectivity index (χ2v) is 10.7. The van der Waals surface area contributed by atoms with Crippen LogP contribution in [-0.4, -0.2) is 14.9 Å². The van der Waals surface area contributed by atoms with Gasteiger partial charge in [-0.3, -0.25) is 0 Å². The maximum Gasteiger partial charge on any atom is 0.192 e. The summed E-state index contributed by atoms with van der Waals surface area (Å²) in [6.45, 7) is 14.2. The van der Waals surface area contributed by atoms with Gasteiger partial charge in [0.25, 0.3) is 0 Å². The predicted molar refractivity (Wildman–Crippen MR) is 72.8 cm³/mol. The maximum atomic E-state index is 6.16. The second kappa shape index (κ2) is 7.87. The molecule has 0 amide bonds. The zero-order valence-electron chi connectivity index (χ0n) is 12.0. The van der Waals surface area contributed by atoms with Gasteiger partial charge in [-0.15, -0.1) is 5.73 Å². The first-order chi connectivity index (χ1) is 7.22. The Balaban J connectivity index is 0. The van der Waals surface area contributed by atoms with E-state index in [1.165, 1.54) is 11.1 Å². The molecule has 1 radical (unpaired) electrons. The van der Waals surface area contributed by atoms with Crippen LogP contribution in [0.5, 0.6) is 0 Å². The fourth-order valence-corrected chi connectivity index (χ4v) is 2.18. The predicted octanol–water partition coefficient (Wildman–Crippen LogP) is 1.26. The molecule has 0 aliphatic heterocycles. The van der Waals surface area contributed by atoms with E-state index in [1.54, 1.807) is 0 Å². The van der Waals surface area contributed by atoms with Crippen molar-refractivity contribution < 1.29 is 37.9 Å². The second-order valence-electron chi connectivity index (χ2n) is 5.93. The first kappa shape index (κ1) is 20.7. The average Bonchev–Trinajstić information content (AvgIpc) is 2.13. The summed E-state index contributed by atoms with van der Waals surface area (Å²) in [4.78, 5) is 0. The Morgan fingerprint density at radius 3 is 2.28 bits per heavy atom. The molecule has 0 aromatic heterocycles. The van der Waals surface area contributed by atoms with Gasteiger partial charge in [0.1, 0.15) is 0 Å². The molecule has 0 saturated carbocycles. The smallest absolute Gasteiger partial charge is 0.192 e. The van der Waals surface area contributed by atoms with Gasteiger partial charge in [-0.2, -0.15) is 0 Å². The van der Waals surface area contributed by atoms with Crippen molar-refractivity contribution in [3.05, 3.63) is 35.5 Å². The molecule has 0 bridgehead atoms. The van der Waals surface area contributed by atoms with Crippen LogP contribution in [0.4, 0.5) is 0 Å². The van der Waals surface area contributed by atoms with Crippen molar-refractivity contribution in [2.24, 2.45) is 0 Å². The van der Waals surface area contributed by atoms with Crippen molar-refractivity contribution >= 4 is 8.32 Å². The summed E-state index contributed by atoms with van der Waals surface area (Å²) in [6.07, 6.45) is 6.20. The molecule has 1 aliphatic carbocycles. The van der Waals surface area contributed by atoms with Gasteiger partial charge in [0.05, 0.1) is 6.61 Å². The Hall–Kier alpha value is 0.410. The SMILES string of the molecule is CC1=C=CC=C(CO[Si](C)(C)C(C)(C)C)[CH]1.[Br-].[Ni]. The molecule has 0 saturated heterocycles. The summed E-state index contributed by atoms with van der Waals surface area (Å²) >= 11 is 0. The van der Waals surface area contributed by atoms with E-state index >= 15 is 0 Å². The minimum atomic E-state index is -1.62. The summed E-state index contributed by atoms with van der Waals surface area (Å²) in [5.41, 5.74) is 5.58. The van der Waals surface area contributed by atoms with E-state index in [2.05, 4.69) is 59.0 Å². The summed E-state index contributed by atoms with van der Waals surface area (Å²) in [6, 6.07) is 0. The van der Waals surface area contributed by atoms with Crippen LogP contribution in [0.25, 0.3) is 0 Å². The van der Waals surface area contributed by atoms with Gasteiger partial charge in [-0.25, -0.2) is 0 Å². The molecule has 0 aromatic rings. The first-order valence-corrected chi connectivity index (χ1v) is 8.74. The van der Waals surface area contributed by atoms with Gasteiger partial charge in [-0.1, -0.05) is 26.8 Å². The zero-order valence-corrected chi connectivity index (χ0v) is 15.6. The van der Waals surface area contributed by atoms with Crippen molar-refractivity contribution in [1.29, 1.82) is 0 Å². The molecule has 0 spiro atoms. The van der Waals surface area contributed by atoms with E-state index in [0.29, 0.717) is 0 Å². The van der Waals surface area contributed by atoms with E-state index in [0.717, 1.165) is 6.61 Å². The fraction of sp³-hybridized carbons (Fsp3) is 0.571. The van der Waals surface area contributed by atoms with Crippen LogP contribution in [0, 0.1) is 6.42 Å². The normalized spacial score (nSPS) is 15.2. The van der Waals surface area contributed by atoms with Crippen LogP contribution in [0.3, 0.4) is 0 Å². The first-order valence-electron chi connectivity index (χ1n) is 5.83. The van der Waals surface area contributed by atoms with E-state index in [1.807, 2.05) is 6.08 Å². The standard InChI is InChI=1S/C14H23OSi.BrH.Ni/c1-12-8-7-9-13(10-12)11-15-16(5,6)14(2,3)4;;/h7,9-10H,11H2,1-6H3;1H;/p-1. The molecule has 107 valence electrons.